The number of phenols is 1. The molecule has 0 unspecified atom stereocenters. The van der Waals surface area contributed by atoms with Gasteiger partial charge >= 0.3 is 64.8 Å². The summed E-state index contributed by atoms with van der Waals surface area (Å²) in [6, 6.07) is 7.76. The molecular weight excluding hydrogens is 387 g/mol. The number of carbonyl (C=O) groups is 1. The van der Waals surface area contributed by atoms with Gasteiger partial charge in [0.05, 0.1) is 4.92 Å². The van der Waals surface area contributed by atoms with Crippen molar-refractivity contribution >= 4 is 19.3 Å². The summed E-state index contributed by atoms with van der Waals surface area (Å²) in [7, 11) is -5.59. The Morgan fingerprint density at radius 1 is 1.12 bits per heavy atom. The number of hydrogen-bond acceptors (Lipinski definition) is 8. The number of ketones is 1. The number of phenolic OH excluding ortho intramolecular Hbond substituents is 1. The number of aryl methyl sites for hydroxylation is 1. The summed E-state index contributed by atoms with van der Waals surface area (Å²) in [5.41, 5.74) is -0.215. The van der Waals surface area contributed by atoms with Crippen LogP contribution >= 0.6 is 7.82 Å². The minimum atomic E-state index is -5.59. The van der Waals surface area contributed by atoms with Gasteiger partial charge in [-0.05, 0) is 13.0 Å². The third-order valence-electron chi connectivity index (χ3n) is 3.04. The van der Waals surface area contributed by atoms with Crippen LogP contribution in [0, 0.1) is 17.0 Å². The normalized spacial score (nSPS) is 10.3. The molecule has 0 bridgehead atoms. The molecule has 0 aliphatic carbocycles. The number of phosphoric acid groups is 1. The SMILES string of the molecule is Cc1ccc(C(=O)c2cc(OP(=O)([O-])[O-])c(O)c([N+](=O)[O-])c2)cc1.[Na+].[Na+]. The van der Waals surface area contributed by atoms with E-state index < -0.39 is 35.7 Å². The average Bonchev–Trinajstić information content (AvgIpc) is 2.47. The molecule has 0 atom stereocenters. The molecule has 2 aromatic rings. The third-order valence-corrected chi connectivity index (χ3v) is 3.46. The zero-order valence-electron chi connectivity index (χ0n) is 14.2. The first-order valence-electron chi connectivity index (χ1n) is 6.43. The number of carbonyl (C=O) groups excluding carboxylic acids is 1. The van der Waals surface area contributed by atoms with Crippen molar-refractivity contribution in [2.24, 2.45) is 0 Å². The molecule has 126 valence electrons. The first-order valence-corrected chi connectivity index (χ1v) is 7.89. The smallest absolute Gasteiger partial charge is 0.780 e. The van der Waals surface area contributed by atoms with E-state index in [1.54, 1.807) is 19.1 Å². The van der Waals surface area contributed by atoms with Crippen molar-refractivity contribution in [3.05, 3.63) is 63.2 Å². The monoisotopic (exact) mass is 397 g/mol. The molecule has 12 heteroatoms. The number of nitrogens with zero attached hydrogens (tertiary/aromatic N) is 1. The molecule has 0 saturated carbocycles. The minimum absolute atomic E-state index is 0. The van der Waals surface area contributed by atoms with Gasteiger partial charge < -0.3 is 24.0 Å². The van der Waals surface area contributed by atoms with Crippen LogP contribution in [-0.2, 0) is 4.57 Å². The maximum Gasteiger partial charge on any atom is 1.00 e. The number of phosphoric ester groups is 1. The summed E-state index contributed by atoms with van der Waals surface area (Å²) in [6.07, 6.45) is 0. The van der Waals surface area contributed by atoms with E-state index in [0.717, 1.165) is 17.7 Å². The fourth-order valence-electron chi connectivity index (χ4n) is 1.93. The van der Waals surface area contributed by atoms with Crippen LogP contribution in [0.2, 0.25) is 0 Å². The van der Waals surface area contributed by atoms with Crippen molar-refractivity contribution in [2.75, 3.05) is 0 Å². The molecule has 0 aromatic heterocycles. The molecule has 0 amide bonds. The summed E-state index contributed by atoms with van der Waals surface area (Å²) >= 11 is 0. The minimum Gasteiger partial charge on any atom is -0.780 e. The molecule has 0 radical (unpaired) electrons. The molecule has 0 spiro atoms. The van der Waals surface area contributed by atoms with Gasteiger partial charge in [0.15, 0.2) is 11.5 Å². The Kier molecular flexibility index (Phi) is 9.70. The predicted molar refractivity (Wildman–Crippen MR) is 77.6 cm³/mol. The number of benzene rings is 2. The van der Waals surface area contributed by atoms with Crippen LogP contribution in [0.5, 0.6) is 11.5 Å². The summed E-state index contributed by atoms with van der Waals surface area (Å²) in [6.45, 7) is 1.80. The maximum absolute atomic E-state index is 12.4. The molecule has 2 rings (SSSR count). The quantitative estimate of drug-likeness (QED) is 0.173. The number of hydrogen-bond donors (Lipinski definition) is 1. The van der Waals surface area contributed by atoms with Crippen molar-refractivity contribution in [1.29, 1.82) is 0 Å². The van der Waals surface area contributed by atoms with Crippen LogP contribution in [0.4, 0.5) is 5.69 Å². The number of nitro groups is 1. The zero-order chi connectivity index (χ0) is 18.1. The van der Waals surface area contributed by atoms with Crippen LogP contribution in [0.3, 0.4) is 0 Å². The van der Waals surface area contributed by atoms with Crippen LogP contribution in [-0.4, -0.2) is 15.8 Å². The second-order valence-electron chi connectivity index (χ2n) is 4.83. The van der Waals surface area contributed by atoms with Crippen LogP contribution in [0.1, 0.15) is 21.5 Å². The largest absolute Gasteiger partial charge is 1.00 e. The number of nitro benzene ring substituents is 1. The van der Waals surface area contributed by atoms with Gasteiger partial charge in [0.25, 0.3) is 0 Å². The topological polar surface area (TPSA) is 153 Å². The van der Waals surface area contributed by atoms with Crippen molar-refractivity contribution in [3.8, 4) is 11.5 Å². The van der Waals surface area contributed by atoms with Gasteiger partial charge in [0, 0.05) is 17.2 Å². The molecule has 0 aliphatic heterocycles. The summed E-state index contributed by atoms with van der Waals surface area (Å²) < 4.78 is 14.7. The molecule has 0 fully saturated rings. The van der Waals surface area contributed by atoms with E-state index in [9.17, 15) is 34.4 Å². The second-order valence-corrected chi connectivity index (χ2v) is 5.91. The maximum atomic E-state index is 12.4. The van der Waals surface area contributed by atoms with E-state index in [2.05, 4.69) is 4.52 Å². The third kappa shape index (κ3) is 6.45. The Morgan fingerprint density at radius 2 is 1.65 bits per heavy atom. The predicted octanol–water partition coefficient (Wildman–Crippen LogP) is -4.94. The van der Waals surface area contributed by atoms with Gasteiger partial charge in [-0.2, -0.15) is 0 Å². The van der Waals surface area contributed by atoms with Crippen molar-refractivity contribution in [2.45, 2.75) is 6.92 Å². The van der Waals surface area contributed by atoms with Crippen molar-refractivity contribution in [3.63, 3.8) is 0 Å². The summed E-state index contributed by atoms with van der Waals surface area (Å²) in [5, 5.41) is 20.6. The first-order chi connectivity index (χ1) is 11.1. The second kappa shape index (κ2) is 9.98. The van der Waals surface area contributed by atoms with E-state index >= 15 is 0 Å². The van der Waals surface area contributed by atoms with E-state index in [4.69, 9.17) is 0 Å². The van der Waals surface area contributed by atoms with Crippen molar-refractivity contribution < 1.29 is 92.8 Å². The zero-order valence-corrected chi connectivity index (χ0v) is 19.1. The molecule has 26 heavy (non-hydrogen) atoms. The Bertz CT molecular complexity index is 866. The Morgan fingerprint density at radius 3 is 2.12 bits per heavy atom. The Balaban J connectivity index is 0.00000312. The van der Waals surface area contributed by atoms with E-state index in [1.807, 2.05) is 0 Å². The molecule has 0 heterocycles. The van der Waals surface area contributed by atoms with Crippen LogP contribution < -0.4 is 73.4 Å². The van der Waals surface area contributed by atoms with Gasteiger partial charge in [-0.1, -0.05) is 29.8 Å². The van der Waals surface area contributed by atoms with Gasteiger partial charge in [-0.15, -0.1) is 0 Å². The first kappa shape index (κ1) is 25.3. The van der Waals surface area contributed by atoms with E-state index in [-0.39, 0.29) is 70.2 Å². The summed E-state index contributed by atoms with van der Waals surface area (Å²) in [5.74, 6) is -2.81. The summed E-state index contributed by atoms with van der Waals surface area (Å²) in [4.78, 5) is 43.7. The molecule has 9 nitrogen and oxygen atoms in total. The van der Waals surface area contributed by atoms with Gasteiger partial charge in [-0.25, -0.2) is 0 Å². The van der Waals surface area contributed by atoms with Gasteiger partial charge in [0.2, 0.25) is 5.75 Å². The standard InChI is InChI=1S/C14H12NO8P.2Na/c1-8-2-4-9(5-3-8)13(16)10-6-11(15(18)19)14(17)12(7-10)23-24(20,21)22;;/h2-7,17H,1H3,(H2,20,21,22);;/q;2*+1/p-2. The van der Waals surface area contributed by atoms with Crippen molar-refractivity contribution in [1.82, 2.24) is 0 Å². The van der Waals surface area contributed by atoms with E-state index in [1.165, 1.54) is 12.1 Å². The fourth-order valence-corrected chi connectivity index (χ4v) is 2.31. The van der Waals surface area contributed by atoms with Crippen LogP contribution in [0.25, 0.3) is 0 Å². The molecule has 0 saturated heterocycles. The molecule has 0 aliphatic rings. The average molecular weight is 397 g/mol. The Hall–Kier alpha value is -0.740. The molecule has 1 N–H and O–H groups in total. The van der Waals surface area contributed by atoms with Crippen LogP contribution in [0.15, 0.2) is 36.4 Å². The molecular formula is C14H10NNa2O8P. The number of aromatic hydroxyl groups is 1. The van der Waals surface area contributed by atoms with E-state index in [0.29, 0.717) is 0 Å². The molecule has 2 aromatic carbocycles. The number of rotatable bonds is 5. The Labute approximate surface area is 192 Å². The fraction of sp³-hybridized carbons (Fsp3) is 0.0714. The van der Waals surface area contributed by atoms with Gasteiger partial charge in [0.1, 0.15) is 7.82 Å². The van der Waals surface area contributed by atoms with Gasteiger partial charge in [-0.3, -0.25) is 14.9 Å².